The maximum Gasteiger partial charge on any atom is 0.326 e. The van der Waals surface area contributed by atoms with Crippen molar-refractivity contribution in [3.8, 4) is 0 Å². The first kappa shape index (κ1) is 16.2. The van der Waals surface area contributed by atoms with Crippen LogP contribution in [-0.4, -0.2) is 41.6 Å². The van der Waals surface area contributed by atoms with Gasteiger partial charge in [-0.3, -0.25) is 4.79 Å². The Labute approximate surface area is 107 Å². The van der Waals surface area contributed by atoms with Gasteiger partial charge in [-0.1, -0.05) is 6.42 Å². The molecule has 0 bridgehead atoms. The molecular weight excluding hydrogens is 240 g/mol. The molecule has 0 aromatic rings. The summed E-state index contributed by atoms with van der Waals surface area (Å²) in [4.78, 5) is 22.3. The third-order valence-corrected chi connectivity index (χ3v) is 3.00. The maximum atomic E-state index is 11.5. The van der Waals surface area contributed by atoms with Gasteiger partial charge in [-0.25, -0.2) is 4.79 Å². The van der Waals surface area contributed by atoms with Crippen molar-refractivity contribution in [1.29, 1.82) is 0 Å². The normalized spacial score (nSPS) is 12.1. The van der Waals surface area contributed by atoms with Gasteiger partial charge in [0.25, 0.3) is 0 Å². The summed E-state index contributed by atoms with van der Waals surface area (Å²) in [6, 6.07) is -0.760. The van der Waals surface area contributed by atoms with E-state index in [1.807, 2.05) is 6.26 Å². The van der Waals surface area contributed by atoms with Crippen molar-refractivity contribution in [1.82, 2.24) is 5.32 Å². The van der Waals surface area contributed by atoms with Gasteiger partial charge in [-0.15, -0.1) is 0 Å². The molecule has 0 saturated heterocycles. The number of aliphatic carboxylic acids is 1. The van der Waals surface area contributed by atoms with E-state index < -0.39 is 12.0 Å². The Morgan fingerprint density at radius 3 is 2.59 bits per heavy atom. The number of nitrogens with two attached hydrogens (primary N) is 1. The molecule has 5 nitrogen and oxygen atoms in total. The summed E-state index contributed by atoms with van der Waals surface area (Å²) in [5, 5.41) is 11.5. The highest BCUT2D eigenvalue weighted by Gasteiger charge is 2.18. The largest absolute Gasteiger partial charge is 0.480 e. The number of carboxylic acids is 1. The van der Waals surface area contributed by atoms with Crippen LogP contribution < -0.4 is 11.1 Å². The molecule has 0 radical (unpaired) electrons. The highest BCUT2D eigenvalue weighted by Crippen LogP contribution is 2.03. The topological polar surface area (TPSA) is 92.4 Å². The lowest BCUT2D eigenvalue weighted by Gasteiger charge is -2.13. The second kappa shape index (κ2) is 10.4. The zero-order valence-electron chi connectivity index (χ0n) is 10.3. The average molecular weight is 262 g/mol. The first-order chi connectivity index (χ1) is 8.11. The molecule has 0 saturated carbocycles. The molecule has 0 aromatic heterocycles. The van der Waals surface area contributed by atoms with Gasteiger partial charge in [0.15, 0.2) is 0 Å². The number of hydrogen-bond acceptors (Lipinski definition) is 4. The Balaban J connectivity index is 3.83. The third-order valence-electron chi connectivity index (χ3n) is 2.35. The minimum absolute atomic E-state index is 0.185. The van der Waals surface area contributed by atoms with E-state index in [0.717, 1.165) is 25.0 Å². The highest BCUT2D eigenvalue weighted by atomic mass is 32.2. The van der Waals surface area contributed by atoms with Gasteiger partial charge in [0, 0.05) is 6.42 Å². The van der Waals surface area contributed by atoms with Gasteiger partial charge in [-0.2, -0.15) is 11.8 Å². The smallest absolute Gasteiger partial charge is 0.326 e. The summed E-state index contributed by atoms with van der Waals surface area (Å²) in [6.45, 7) is 0.632. The van der Waals surface area contributed by atoms with E-state index in [1.165, 1.54) is 0 Å². The molecule has 0 fully saturated rings. The number of carbonyl (C=O) groups excluding carboxylic acids is 1. The highest BCUT2D eigenvalue weighted by molar-refractivity contribution is 7.98. The predicted molar refractivity (Wildman–Crippen MR) is 70.1 cm³/mol. The summed E-state index contributed by atoms with van der Waals surface area (Å²) >= 11 is 1.57. The number of thioether (sulfide) groups is 1. The number of nitrogens with one attached hydrogen (secondary N) is 1. The van der Waals surface area contributed by atoms with E-state index >= 15 is 0 Å². The van der Waals surface area contributed by atoms with Crippen LogP contribution in [-0.2, 0) is 9.59 Å². The molecule has 17 heavy (non-hydrogen) atoms. The van der Waals surface area contributed by atoms with Crippen molar-refractivity contribution in [2.75, 3.05) is 18.6 Å². The Bertz CT molecular complexity index is 237. The van der Waals surface area contributed by atoms with Gasteiger partial charge >= 0.3 is 5.97 Å². The summed E-state index contributed by atoms with van der Waals surface area (Å²) in [6.07, 6.45) is 5.33. The molecule has 0 aliphatic rings. The minimum atomic E-state index is -0.964. The zero-order chi connectivity index (χ0) is 13.1. The van der Waals surface area contributed by atoms with Crippen LogP contribution in [0.3, 0.4) is 0 Å². The predicted octanol–water partition coefficient (Wildman–Crippen LogP) is 0.828. The van der Waals surface area contributed by atoms with Crippen LogP contribution in [0.25, 0.3) is 0 Å². The Kier molecular flexibility index (Phi) is 9.95. The van der Waals surface area contributed by atoms with E-state index in [2.05, 4.69) is 5.32 Å². The number of hydrogen-bond donors (Lipinski definition) is 3. The van der Waals surface area contributed by atoms with Crippen LogP contribution >= 0.6 is 11.8 Å². The van der Waals surface area contributed by atoms with Crippen molar-refractivity contribution in [2.45, 2.75) is 38.1 Å². The molecule has 0 rings (SSSR count). The summed E-state index contributed by atoms with van der Waals surface area (Å²) in [5.41, 5.74) is 5.34. The second-order valence-corrected chi connectivity index (χ2v) is 4.82. The van der Waals surface area contributed by atoms with Crippen molar-refractivity contribution in [2.24, 2.45) is 5.73 Å². The van der Waals surface area contributed by atoms with Crippen LogP contribution in [0.15, 0.2) is 0 Å². The second-order valence-electron chi connectivity index (χ2n) is 3.84. The molecule has 0 unspecified atom stereocenters. The number of carboxylic acid groups (broad SMARTS) is 1. The van der Waals surface area contributed by atoms with Gasteiger partial charge in [-0.05, 0) is 37.8 Å². The molecule has 0 aromatic carbocycles. The van der Waals surface area contributed by atoms with Gasteiger partial charge < -0.3 is 16.2 Å². The monoisotopic (exact) mass is 262 g/mol. The van der Waals surface area contributed by atoms with E-state index in [-0.39, 0.29) is 5.91 Å². The Morgan fingerprint density at radius 2 is 2.06 bits per heavy atom. The quantitative estimate of drug-likeness (QED) is 0.507. The van der Waals surface area contributed by atoms with Gasteiger partial charge in [0.05, 0.1) is 0 Å². The lowest BCUT2D eigenvalue weighted by atomic mass is 10.1. The zero-order valence-corrected chi connectivity index (χ0v) is 11.1. The number of rotatable bonds is 10. The molecule has 4 N–H and O–H groups in total. The van der Waals surface area contributed by atoms with E-state index in [1.54, 1.807) is 11.8 Å². The molecule has 0 heterocycles. The first-order valence-electron chi connectivity index (χ1n) is 5.83. The fourth-order valence-corrected chi connectivity index (χ4v) is 1.84. The number of unbranched alkanes of at least 4 members (excludes halogenated alkanes) is 2. The SMILES string of the molecule is CSCC[C@H](NC(=O)CCCCCN)C(=O)O. The Morgan fingerprint density at radius 1 is 1.35 bits per heavy atom. The fraction of sp³-hybridized carbons (Fsp3) is 0.818. The summed E-state index contributed by atoms with van der Waals surface area (Å²) < 4.78 is 0. The number of amides is 1. The van der Waals surface area contributed by atoms with Gasteiger partial charge in [0.1, 0.15) is 6.04 Å². The molecule has 0 spiro atoms. The van der Waals surface area contributed by atoms with Crippen molar-refractivity contribution < 1.29 is 14.7 Å². The van der Waals surface area contributed by atoms with E-state index in [9.17, 15) is 9.59 Å². The molecular formula is C11H22N2O3S. The molecule has 100 valence electrons. The van der Waals surface area contributed by atoms with E-state index in [0.29, 0.717) is 19.4 Å². The lowest BCUT2D eigenvalue weighted by molar-refractivity contribution is -0.141. The third kappa shape index (κ3) is 9.00. The Hall–Kier alpha value is -0.750. The molecule has 6 heteroatoms. The molecule has 0 aliphatic heterocycles. The number of carbonyl (C=O) groups is 2. The molecule has 1 atom stereocenters. The van der Waals surface area contributed by atoms with Crippen LogP contribution in [0.2, 0.25) is 0 Å². The van der Waals surface area contributed by atoms with Crippen LogP contribution in [0.4, 0.5) is 0 Å². The van der Waals surface area contributed by atoms with Crippen molar-refractivity contribution >= 4 is 23.6 Å². The molecule has 0 aliphatic carbocycles. The first-order valence-corrected chi connectivity index (χ1v) is 7.22. The van der Waals surface area contributed by atoms with Crippen LogP contribution in [0.1, 0.15) is 32.1 Å². The maximum absolute atomic E-state index is 11.5. The average Bonchev–Trinajstić information content (AvgIpc) is 2.29. The van der Waals surface area contributed by atoms with Gasteiger partial charge in [0.2, 0.25) is 5.91 Å². The van der Waals surface area contributed by atoms with Crippen LogP contribution in [0, 0.1) is 0 Å². The van der Waals surface area contributed by atoms with Crippen LogP contribution in [0.5, 0.6) is 0 Å². The summed E-state index contributed by atoms with van der Waals surface area (Å²) in [7, 11) is 0. The van der Waals surface area contributed by atoms with Crippen molar-refractivity contribution in [3.05, 3.63) is 0 Å². The minimum Gasteiger partial charge on any atom is -0.480 e. The standard InChI is InChI=1S/C11H22N2O3S/c1-17-8-6-9(11(15)16)13-10(14)5-3-2-4-7-12/h9H,2-8,12H2,1H3,(H,13,14)(H,15,16)/t9-/m0/s1. The summed E-state index contributed by atoms with van der Waals surface area (Å²) in [5.74, 6) is -0.422. The van der Waals surface area contributed by atoms with E-state index in [4.69, 9.17) is 10.8 Å². The lowest BCUT2D eigenvalue weighted by Crippen LogP contribution is -2.41. The molecule has 1 amide bonds. The fourth-order valence-electron chi connectivity index (χ4n) is 1.37. The van der Waals surface area contributed by atoms with Crippen molar-refractivity contribution in [3.63, 3.8) is 0 Å².